The molecule has 0 unspecified atom stereocenters. The molecule has 0 rings (SSSR count). The molecule has 0 spiro atoms. The predicted molar refractivity (Wildman–Crippen MR) is 58.4 cm³/mol. The molecule has 0 radical (unpaired) electrons. The number of alkyl halides is 1. The van der Waals surface area contributed by atoms with Gasteiger partial charge in [-0.1, -0.05) is 35.9 Å². The number of ether oxygens (including phenoxy) is 1. The first kappa shape index (κ1) is 13.4. The second-order valence-corrected chi connectivity index (χ2v) is 3.66. The lowest BCUT2D eigenvalue weighted by Crippen LogP contribution is -2.17. The number of halogens is 1. The van der Waals surface area contributed by atoms with Crippen molar-refractivity contribution < 1.29 is 14.3 Å². The predicted octanol–water partition coefficient (Wildman–Crippen LogP) is 2.10. The van der Waals surface area contributed by atoms with Gasteiger partial charge in [0.1, 0.15) is 0 Å². The van der Waals surface area contributed by atoms with Crippen LogP contribution in [0.4, 0.5) is 0 Å². The molecule has 0 bridgehead atoms. The molecule has 0 aliphatic rings. The smallest absolute Gasteiger partial charge is 0.341 e. The summed E-state index contributed by atoms with van der Waals surface area (Å²) in [6.45, 7) is 5.80. The molecule has 0 amide bonds. The molecule has 4 heteroatoms. The van der Waals surface area contributed by atoms with Crippen molar-refractivity contribution in [1.82, 2.24) is 0 Å². The highest BCUT2D eigenvalue weighted by molar-refractivity contribution is 9.09. The molecule has 0 N–H and O–H groups in total. The van der Waals surface area contributed by atoms with Crippen LogP contribution in [0, 0.1) is 5.92 Å². The molecular weight excluding hydrogens is 248 g/mol. The lowest BCUT2D eigenvalue weighted by molar-refractivity contribution is -0.139. The van der Waals surface area contributed by atoms with E-state index >= 15 is 0 Å². The van der Waals surface area contributed by atoms with Crippen LogP contribution < -0.4 is 0 Å². The van der Waals surface area contributed by atoms with Gasteiger partial charge in [0.15, 0.2) is 5.78 Å². The first-order chi connectivity index (χ1) is 6.52. The molecule has 0 aliphatic heterocycles. The van der Waals surface area contributed by atoms with Gasteiger partial charge in [-0.05, 0) is 12.8 Å². The number of hydrogen-bond donors (Lipinski definition) is 0. The Hall–Kier alpha value is -0.640. The number of ketones is 1. The molecule has 0 fully saturated rings. The number of allylic oxidation sites excluding steroid dienone is 1. The van der Waals surface area contributed by atoms with Gasteiger partial charge < -0.3 is 4.74 Å². The van der Waals surface area contributed by atoms with Crippen molar-refractivity contribution in [3.05, 3.63) is 11.6 Å². The molecule has 0 saturated heterocycles. The number of carbonyl (C=O) groups is 2. The van der Waals surface area contributed by atoms with Crippen molar-refractivity contribution in [3.63, 3.8) is 0 Å². The van der Waals surface area contributed by atoms with E-state index in [9.17, 15) is 9.59 Å². The Morgan fingerprint density at radius 1 is 1.43 bits per heavy atom. The summed E-state index contributed by atoms with van der Waals surface area (Å²) in [6.07, 6.45) is 1.63. The first-order valence-electron chi connectivity index (χ1n) is 4.51. The Balaban J connectivity index is 4.72. The van der Waals surface area contributed by atoms with Crippen LogP contribution in [0.15, 0.2) is 11.6 Å². The summed E-state index contributed by atoms with van der Waals surface area (Å²) in [7, 11) is 0. The Kier molecular flexibility index (Phi) is 6.45. The molecule has 0 saturated carbocycles. The molecule has 0 aromatic carbocycles. The summed E-state index contributed by atoms with van der Waals surface area (Å²) in [6, 6.07) is 0. The van der Waals surface area contributed by atoms with E-state index in [4.69, 9.17) is 4.74 Å². The van der Waals surface area contributed by atoms with E-state index in [1.165, 1.54) is 0 Å². The van der Waals surface area contributed by atoms with Crippen molar-refractivity contribution in [3.8, 4) is 0 Å². The molecule has 0 aliphatic carbocycles. The fourth-order valence-electron chi connectivity index (χ4n) is 0.889. The van der Waals surface area contributed by atoms with Gasteiger partial charge in [0, 0.05) is 0 Å². The van der Waals surface area contributed by atoms with Gasteiger partial charge in [-0.25, -0.2) is 4.79 Å². The minimum absolute atomic E-state index is 0.138. The minimum Gasteiger partial charge on any atom is -0.462 e. The maximum atomic E-state index is 11.3. The zero-order chi connectivity index (χ0) is 11.1. The Labute approximate surface area is 92.6 Å². The minimum atomic E-state index is -0.536. The molecule has 0 aromatic rings. The van der Waals surface area contributed by atoms with Crippen LogP contribution in [-0.4, -0.2) is 23.7 Å². The highest BCUT2D eigenvalue weighted by atomic mass is 79.9. The number of Topliss-reactive ketones (excluding diaryl/α,β-unsaturated/α-hetero) is 1. The van der Waals surface area contributed by atoms with Gasteiger partial charge in [0.05, 0.1) is 17.5 Å². The van der Waals surface area contributed by atoms with Gasteiger partial charge in [-0.15, -0.1) is 0 Å². The quantitative estimate of drug-likeness (QED) is 0.251. The summed E-state index contributed by atoms with van der Waals surface area (Å²) >= 11 is 3.03. The summed E-state index contributed by atoms with van der Waals surface area (Å²) in [5, 5.41) is 0.143. The monoisotopic (exact) mass is 262 g/mol. The molecule has 14 heavy (non-hydrogen) atoms. The van der Waals surface area contributed by atoms with E-state index in [0.717, 1.165) is 0 Å². The zero-order valence-corrected chi connectivity index (χ0v) is 10.3. The third kappa shape index (κ3) is 4.56. The van der Waals surface area contributed by atoms with Crippen LogP contribution in [0.1, 0.15) is 20.8 Å². The molecule has 0 atom stereocenters. The molecular formula is C10H15BrO3. The number of rotatable bonds is 5. The number of esters is 1. The second-order valence-electron chi connectivity index (χ2n) is 3.10. The third-order valence-electron chi connectivity index (χ3n) is 1.42. The molecule has 0 aromatic heterocycles. The maximum Gasteiger partial charge on any atom is 0.341 e. The van der Waals surface area contributed by atoms with Crippen molar-refractivity contribution >= 4 is 27.7 Å². The molecule has 0 heterocycles. The fraction of sp³-hybridized carbons (Fsp3) is 0.600. The topological polar surface area (TPSA) is 43.4 Å². The number of hydrogen-bond acceptors (Lipinski definition) is 3. The summed E-state index contributed by atoms with van der Waals surface area (Å²) in [4.78, 5) is 22.7. The SMILES string of the molecule is CCOC(=O)/C(=C\C(C)C)C(=O)CBr. The third-order valence-corrected chi connectivity index (χ3v) is 1.93. The van der Waals surface area contributed by atoms with Crippen LogP contribution >= 0.6 is 15.9 Å². The normalized spacial score (nSPS) is 11.6. The second kappa shape index (κ2) is 6.76. The van der Waals surface area contributed by atoms with E-state index in [1.54, 1.807) is 13.0 Å². The zero-order valence-electron chi connectivity index (χ0n) is 8.67. The van der Waals surface area contributed by atoms with Crippen molar-refractivity contribution in [2.75, 3.05) is 11.9 Å². The average molecular weight is 263 g/mol. The molecule has 80 valence electrons. The Morgan fingerprint density at radius 2 is 2.00 bits per heavy atom. The van der Waals surface area contributed by atoms with Crippen molar-refractivity contribution in [1.29, 1.82) is 0 Å². The van der Waals surface area contributed by atoms with E-state index in [2.05, 4.69) is 15.9 Å². The average Bonchev–Trinajstić information content (AvgIpc) is 2.13. The highest BCUT2D eigenvalue weighted by Crippen LogP contribution is 2.07. The van der Waals surface area contributed by atoms with E-state index in [-0.39, 0.29) is 29.2 Å². The van der Waals surface area contributed by atoms with Gasteiger partial charge in [-0.2, -0.15) is 0 Å². The van der Waals surface area contributed by atoms with Crippen molar-refractivity contribution in [2.24, 2.45) is 5.92 Å². The summed E-state index contributed by atoms with van der Waals surface area (Å²) in [5.74, 6) is -0.625. The van der Waals surface area contributed by atoms with E-state index in [1.807, 2.05) is 13.8 Å². The standard InChI is InChI=1S/C10H15BrO3/c1-4-14-10(13)8(5-7(2)3)9(12)6-11/h5,7H,4,6H2,1-3H3/b8-5-. The highest BCUT2D eigenvalue weighted by Gasteiger charge is 2.18. The first-order valence-corrected chi connectivity index (χ1v) is 5.63. The Bertz CT molecular complexity index is 244. The summed E-state index contributed by atoms with van der Waals surface area (Å²) in [5.41, 5.74) is 0.138. The van der Waals surface area contributed by atoms with Gasteiger partial charge in [0.25, 0.3) is 0 Å². The fourth-order valence-corrected chi connectivity index (χ4v) is 1.19. The van der Waals surface area contributed by atoms with Gasteiger partial charge in [-0.3, -0.25) is 4.79 Å². The van der Waals surface area contributed by atoms with E-state index < -0.39 is 5.97 Å². The van der Waals surface area contributed by atoms with Crippen LogP contribution in [0.2, 0.25) is 0 Å². The Morgan fingerprint density at radius 3 is 2.36 bits per heavy atom. The van der Waals surface area contributed by atoms with Gasteiger partial charge in [0.2, 0.25) is 0 Å². The van der Waals surface area contributed by atoms with Crippen LogP contribution in [0.3, 0.4) is 0 Å². The van der Waals surface area contributed by atoms with Gasteiger partial charge >= 0.3 is 5.97 Å². The maximum absolute atomic E-state index is 11.3. The largest absolute Gasteiger partial charge is 0.462 e. The van der Waals surface area contributed by atoms with Crippen LogP contribution in [0.5, 0.6) is 0 Å². The lowest BCUT2D eigenvalue weighted by Gasteiger charge is -2.05. The van der Waals surface area contributed by atoms with E-state index in [0.29, 0.717) is 0 Å². The summed E-state index contributed by atoms with van der Waals surface area (Å²) < 4.78 is 4.78. The number of carbonyl (C=O) groups excluding carboxylic acids is 2. The lowest BCUT2D eigenvalue weighted by atomic mass is 10.1. The molecule has 3 nitrogen and oxygen atoms in total. The van der Waals surface area contributed by atoms with Crippen LogP contribution in [0.25, 0.3) is 0 Å². The van der Waals surface area contributed by atoms with Crippen LogP contribution in [-0.2, 0) is 14.3 Å². The van der Waals surface area contributed by atoms with Crippen molar-refractivity contribution in [2.45, 2.75) is 20.8 Å².